The van der Waals surface area contributed by atoms with Gasteiger partial charge in [0, 0.05) is 85.5 Å². The molecule has 6 heterocycles. The number of anilines is 1. The Bertz CT molecular complexity index is 3830. The number of amides is 1. The summed E-state index contributed by atoms with van der Waals surface area (Å²) < 4.78 is 109. The summed E-state index contributed by atoms with van der Waals surface area (Å²) in [4.78, 5) is 86.4. The molecule has 13 rings (SSSR count). The second-order valence-corrected chi connectivity index (χ2v) is 38.1. The number of benzene rings is 1. The van der Waals surface area contributed by atoms with Crippen LogP contribution in [0.3, 0.4) is 0 Å². The topological polar surface area (TPSA) is 278 Å². The van der Waals surface area contributed by atoms with Gasteiger partial charge in [-0.15, -0.1) is 0 Å². The van der Waals surface area contributed by atoms with E-state index in [0.29, 0.717) is 36.8 Å². The van der Waals surface area contributed by atoms with E-state index >= 15 is 0 Å². The zero-order valence-corrected chi connectivity index (χ0v) is 79.4. The fraction of sp³-hybridized carbons (Fsp3) is 0.796. The van der Waals surface area contributed by atoms with E-state index in [-0.39, 0.29) is 206 Å². The maximum Gasteiger partial charge on any atom is 0.328 e. The molecular weight excluding hydrogens is 1600 g/mol. The van der Waals surface area contributed by atoms with Gasteiger partial charge in [-0.25, -0.2) is 4.79 Å². The van der Waals surface area contributed by atoms with Crippen LogP contribution in [0.4, 0.5) is 5.69 Å². The fourth-order valence-corrected chi connectivity index (χ4v) is 23.4. The monoisotopic (exact) mass is 1760 g/mol. The van der Waals surface area contributed by atoms with Gasteiger partial charge in [-0.05, 0) is 256 Å². The van der Waals surface area contributed by atoms with E-state index in [1.165, 1.54) is 24.7 Å². The number of allylic oxidation sites excluding steroid dienone is 8. The molecule has 0 bridgehead atoms. The van der Waals surface area contributed by atoms with Crippen LogP contribution in [0.2, 0.25) is 0 Å². The highest BCUT2D eigenvalue weighted by Crippen LogP contribution is 2.58. The number of hydrogen-bond donors (Lipinski definition) is 0. The van der Waals surface area contributed by atoms with E-state index in [4.69, 9.17) is 85.3 Å². The molecule has 0 N–H and O–H groups in total. The Labute approximate surface area is 744 Å². The molecule has 0 aromatic heterocycles. The van der Waals surface area contributed by atoms with E-state index < -0.39 is 36.8 Å². The number of Topliss-reactive ketones (excluding diaryl/α,β-unsaturated/α-hetero) is 2. The van der Waals surface area contributed by atoms with E-state index in [2.05, 4.69) is 103 Å². The van der Waals surface area contributed by atoms with Gasteiger partial charge in [0.1, 0.15) is 61.5 Å². The van der Waals surface area contributed by atoms with Gasteiger partial charge < -0.3 is 95.1 Å². The SMILES string of the molecule is CC[C@H]1CCC[C@H](O[C@H]2CC[C@H](N(C)C)[C@@H](C)O2)[C@@H](C)C(=O)C2=C[C@@H]3[C@@H](C=C(C)[C@@H]4C[C@@H](O[C@@H]5O[C@@H](C)[C@H](OC)[C@@H](OC)[C@H]5OC)C[C@@H]34)[C@@H]2CC(=O)O1.CC[C@H]1CCC[C@H](O[C@H]2CC[C@H](N(C)C)[C@@H](C)O2)[C@@H](C)C(=O)C2=C[C@@H]3[C@@H](C=C[C@@H]4C[C@@H](O[C@@H]5O[C@@H](C)[C@H](OC)[C@@H](OC)[C@H]5OC)C[C@@H]34)[C@@H]2CC(=O)O1.COCC(=O)N(c1c(C)cccc1C)C(C)C(=O)OC. The summed E-state index contributed by atoms with van der Waals surface area (Å²) in [5.41, 5.74) is 5.41. The third kappa shape index (κ3) is 23.1. The minimum absolute atomic E-state index is 0.0364. The third-order valence-electron chi connectivity index (χ3n) is 30.1. The van der Waals surface area contributed by atoms with E-state index in [1.54, 1.807) is 49.6 Å². The number of rotatable bonds is 23. The molecule has 6 aliphatic heterocycles. The quantitative estimate of drug-likeness (QED) is 0.0559. The number of carbonyl (C=O) groups excluding carboxylic acids is 6. The van der Waals surface area contributed by atoms with Gasteiger partial charge in [-0.2, -0.15) is 0 Å². The molecule has 1 unspecified atom stereocenters. The van der Waals surface area contributed by atoms with Crippen LogP contribution < -0.4 is 4.90 Å². The van der Waals surface area contributed by atoms with Crippen LogP contribution in [0.1, 0.15) is 196 Å². The molecule has 2 saturated carbocycles. The zero-order valence-electron chi connectivity index (χ0n) is 79.4. The summed E-state index contributed by atoms with van der Waals surface area (Å²) in [7, 11) is 21.1. The van der Waals surface area contributed by atoms with Crippen LogP contribution in [0.15, 0.2) is 65.3 Å². The smallest absolute Gasteiger partial charge is 0.328 e. The number of likely N-dealkylation sites (N-methyl/N-ethyl adjacent to an activating group) is 2. The predicted octanol–water partition coefficient (Wildman–Crippen LogP) is 13.2. The molecular formula is C98H153N3O24. The number of methoxy groups -OCH3 is 8. The number of esters is 3. The first-order chi connectivity index (χ1) is 59.8. The Balaban J connectivity index is 0.000000200. The van der Waals surface area contributed by atoms with Crippen molar-refractivity contribution in [1.82, 2.24) is 9.80 Å². The van der Waals surface area contributed by atoms with Crippen molar-refractivity contribution in [2.75, 3.05) is 96.6 Å². The summed E-state index contributed by atoms with van der Waals surface area (Å²) in [5.74, 6) is -0.707. The minimum Gasteiger partial charge on any atom is -0.467 e. The molecule has 0 spiro atoms. The van der Waals surface area contributed by atoms with Crippen LogP contribution in [0.5, 0.6) is 0 Å². The van der Waals surface area contributed by atoms with Crippen LogP contribution in [-0.4, -0.2) is 278 Å². The van der Waals surface area contributed by atoms with Gasteiger partial charge in [-0.1, -0.05) is 81.8 Å². The van der Waals surface area contributed by atoms with Gasteiger partial charge in [0.05, 0.1) is 74.5 Å². The van der Waals surface area contributed by atoms with Crippen molar-refractivity contribution in [3.05, 3.63) is 76.4 Å². The standard InChI is InChI=1S/C42H67NO10.C41H65NO10.C15H21NO4/c1-11-26-13-12-14-35(53-37-16-15-34(43(6)7)24(4)49-37)23(3)38(45)33-20-31-29(32(33)21-36(44)51-26)17-22(2)28-18-27(19-30(28)31)52-42-41(48-10)40(47-9)39(46-8)25(5)50-42;1-10-26-12-11-13-34(52-36-17-16-33(42(5)6)23(3)48-36)22(2)37(44)32-20-30-28(31(32)21-35(43)50-26)15-14-25-18-27(19-29(25)30)51-41-40(47-9)39(46-8)38(45-7)24(4)49-41;1-10-7-6-8-11(2)14(10)16(13(17)9-19-4)12(3)15(18)20-5/h17,20,23-32,34-35,37,39-42H,11-16,18-19,21H2,1-10H3;14-15,20,22-31,33-34,36,38-41H,10-13,16-19,21H2,1-9H3;6-8,12H,9H2,1-5H3/t23-,24-,25+,26+,27-,28+,29-,30-,31-,32+,34+,35+,37+,39+,40-,41-,42+;22-,23-,24+,25-,26+,27-,28-,29-,30-,31+,33+,34+,36+,38+,39-,40-,41+;/m11./s1. The molecule has 1 aromatic rings. The number of hydrogen-bond acceptors (Lipinski definition) is 26. The maximum absolute atomic E-state index is 14.7. The number of cyclic esters (lactones) is 2. The van der Waals surface area contributed by atoms with E-state index in [0.717, 1.165) is 118 Å². The Hall–Kier alpha value is -5.28. The molecule has 35 atom stereocenters. The van der Waals surface area contributed by atoms with E-state index in [1.807, 2.05) is 59.7 Å². The van der Waals surface area contributed by atoms with Crippen LogP contribution in [0, 0.1) is 84.9 Å². The van der Waals surface area contributed by atoms with Crippen molar-refractivity contribution in [2.24, 2.45) is 71.0 Å². The van der Waals surface area contributed by atoms with Crippen molar-refractivity contribution in [3.63, 3.8) is 0 Å². The number of nitrogens with zero attached hydrogens (tertiary/aromatic N) is 3. The number of ether oxygens (including phenoxy) is 18. The maximum atomic E-state index is 14.7. The van der Waals surface area contributed by atoms with Crippen molar-refractivity contribution in [2.45, 2.75) is 340 Å². The summed E-state index contributed by atoms with van der Waals surface area (Å²) in [5, 5.41) is 0. The van der Waals surface area contributed by atoms with Gasteiger partial charge in [0.2, 0.25) is 0 Å². The summed E-state index contributed by atoms with van der Waals surface area (Å²) in [6, 6.07) is 5.69. The molecule has 1 aromatic carbocycles. The van der Waals surface area contributed by atoms with Crippen LogP contribution in [-0.2, 0) is 114 Å². The molecule has 704 valence electrons. The van der Waals surface area contributed by atoms with Crippen molar-refractivity contribution in [1.29, 1.82) is 0 Å². The highest BCUT2D eigenvalue weighted by atomic mass is 16.7. The molecule has 8 fully saturated rings. The minimum atomic E-state index is -0.706. The Morgan fingerprint density at radius 3 is 1.36 bits per heavy atom. The highest BCUT2D eigenvalue weighted by molar-refractivity contribution is 6.02. The van der Waals surface area contributed by atoms with Crippen molar-refractivity contribution >= 4 is 41.1 Å². The average molecular weight is 1760 g/mol. The molecule has 6 aliphatic carbocycles. The zero-order chi connectivity index (χ0) is 90.7. The fourth-order valence-electron chi connectivity index (χ4n) is 23.4. The lowest BCUT2D eigenvalue weighted by atomic mass is 9.67. The Kier molecular flexibility index (Phi) is 36.7. The summed E-state index contributed by atoms with van der Waals surface area (Å²) >= 11 is 0. The number of carbonyl (C=O) groups is 6. The first-order valence-corrected chi connectivity index (χ1v) is 46.7. The Morgan fingerprint density at radius 2 is 0.928 bits per heavy atom. The van der Waals surface area contributed by atoms with Crippen LogP contribution in [0.25, 0.3) is 0 Å². The molecule has 27 heteroatoms. The summed E-state index contributed by atoms with van der Waals surface area (Å²) in [6.07, 6.45) is 19.4. The van der Waals surface area contributed by atoms with Gasteiger partial charge in [0.15, 0.2) is 36.7 Å². The normalized spacial score (nSPS) is 40.1. The number of ketones is 2. The molecule has 1 amide bonds. The lowest BCUT2D eigenvalue weighted by Gasteiger charge is -2.44. The average Bonchev–Trinajstić information content (AvgIpc) is 1.60. The molecule has 12 aliphatic rings. The summed E-state index contributed by atoms with van der Waals surface area (Å²) in [6.45, 7) is 23.9. The lowest BCUT2D eigenvalue weighted by molar-refractivity contribution is -0.314. The van der Waals surface area contributed by atoms with Crippen molar-refractivity contribution < 1.29 is 114 Å². The first-order valence-electron chi connectivity index (χ1n) is 46.7. The number of fused-ring (bicyclic) bond motifs is 10. The highest BCUT2D eigenvalue weighted by Gasteiger charge is 2.57. The predicted molar refractivity (Wildman–Crippen MR) is 470 cm³/mol. The van der Waals surface area contributed by atoms with E-state index in [9.17, 15) is 28.8 Å². The number of para-hydroxylation sites is 1. The molecule has 27 nitrogen and oxygen atoms in total. The largest absolute Gasteiger partial charge is 0.467 e. The third-order valence-corrected chi connectivity index (χ3v) is 30.1. The molecule has 6 saturated heterocycles. The van der Waals surface area contributed by atoms with Crippen molar-refractivity contribution in [3.8, 4) is 0 Å². The van der Waals surface area contributed by atoms with Gasteiger partial charge in [0.25, 0.3) is 5.91 Å². The first kappa shape index (κ1) is 100. The molecule has 125 heavy (non-hydrogen) atoms. The van der Waals surface area contributed by atoms with Crippen LogP contribution >= 0.6 is 0 Å². The second-order valence-electron chi connectivity index (χ2n) is 38.1. The second kappa shape index (κ2) is 45.7. The number of aryl methyl sites for hydroxylation is 2. The molecule has 0 radical (unpaired) electrons. The lowest BCUT2D eigenvalue weighted by Crippen LogP contribution is -2.59. The van der Waals surface area contributed by atoms with Gasteiger partial charge >= 0.3 is 17.9 Å². The Morgan fingerprint density at radius 1 is 0.480 bits per heavy atom. The van der Waals surface area contributed by atoms with Gasteiger partial charge in [-0.3, -0.25) is 28.9 Å².